The van der Waals surface area contributed by atoms with E-state index < -0.39 is 5.41 Å². The highest BCUT2D eigenvalue weighted by Gasteiger charge is 2.44. The first kappa shape index (κ1) is 16.4. The summed E-state index contributed by atoms with van der Waals surface area (Å²) in [6.45, 7) is 6.23. The molecule has 0 amide bonds. The molecule has 0 saturated heterocycles. The lowest BCUT2D eigenvalue weighted by atomic mass is 9.73. The second-order valence-electron chi connectivity index (χ2n) is 5.75. The Labute approximate surface area is 132 Å². The maximum Gasteiger partial charge on any atom is 0.310 e. The van der Waals surface area contributed by atoms with Gasteiger partial charge in [-0.25, -0.2) is 0 Å². The van der Waals surface area contributed by atoms with Gasteiger partial charge in [-0.05, 0) is 38.0 Å². The summed E-state index contributed by atoms with van der Waals surface area (Å²) in [6, 6.07) is 3.92. The minimum absolute atomic E-state index is 0.170. The van der Waals surface area contributed by atoms with Crippen LogP contribution in [-0.2, 0) is 14.9 Å². The van der Waals surface area contributed by atoms with Crippen LogP contribution >= 0.6 is 0 Å². The average molecular weight is 304 g/mol. The van der Waals surface area contributed by atoms with E-state index in [2.05, 4.69) is 6.08 Å². The number of esters is 1. The van der Waals surface area contributed by atoms with Gasteiger partial charge in [-0.2, -0.15) is 0 Å². The van der Waals surface area contributed by atoms with Gasteiger partial charge in [0.05, 0.1) is 26.7 Å². The third kappa shape index (κ3) is 2.70. The van der Waals surface area contributed by atoms with Crippen molar-refractivity contribution < 1.29 is 19.0 Å². The van der Waals surface area contributed by atoms with E-state index in [1.54, 1.807) is 14.2 Å². The van der Waals surface area contributed by atoms with Crippen LogP contribution in [0.3, 0.4) is 0 Å². The van der Waals surface area contributed by atoms with Gasteiger partial charge in [0.1, 0.15) is 11.5 Å². The van der Waals surface area contributed by atoms with Crippen LogP contribution in [0.5, 0.6) is 11.5 Å². The summed E-state index contributed by atoms with van der Waals surface area (Å²) in [6.07, 6.45) is 4.78. The number of allylic oxidation sites excluding steroid dienone is 2. The van der Waals surface area contributed by atoms with E-state index in [9.17, 15) is 4.79 Å². The molecule has 0 spiro atoms. The molecule has 2 rings (SSSR count). The molecule has 0 saturated carbocycles. The molecule has 0 aromatic heterocycles. The number of aryl methyl sites for hydroxylation is 1. The third-order valence-electron chi connectivity index (χ3n) is 4.43. The molecule has 2 atom stereocenters. The molecule has 120 valence electrons. The zero-order valence-corrected chi connectivity index (χ0v) is 13.9. The SMILES string of the molecule is CCOC(=O)C1CC=CC1(C)c1cc(OC)c(C)cc1OC. The fraction of sp³-hybridized carbons (Fsp3) is 0.500. The van der Waals surface area contributed by atoms with E-state index in [1.165, 1.54) is 0 Å². The molecule has 0 aliphatic heterocycles. The average Bonchev–Trinajstić information content (AvgIpc) is 2.90. The van der Waals surface area contributed by atoms with Crippen LogP contribution in [-0.4, -0.2) is 26.8 Å². The van der Waals surface area contributed by atoms with Crippen LogP contribution < -0.4 is 9.47 Å². The molecule has 0 N–H and O–H groups in total. The first-order valence-electron chi connectivity index (χ1n) is 7.55. The fourth-order valence-corrected chi connectivity index (χ4v) is 3.14. The molecule has 0 bridgehead atoms. The number of hydrogen-bond donors (Lipinski definition) is 0. The Hall–Kier alpha value is -1.97. The smallest absolute Gasteiger partial charge is 0.310 e. The summed E-state index contributed by atoms with van der Waals surface area (Å²) in [5, 5.41) is 0. The third-order valence-corrected chi connectivity index (χ3v) is 4.43. The van der Waals surface area contributed by atoms with E-state index in [-0.39, 0.29) is 11.9 Å². The van der Waals surface area contributed by atoms with Crippen molar-refractivity contribution in [2.24, 2.45) is 5.92 Å². The van der Waals surface area contributed by atoms with E-state index >= 15 is 0 Å². The normalized spacial score (nSPS) is 23.4. The predicted molar refractivity (Wildman–Crippen MR) is 85.5 cm³/mol. The molecule has 0 fully saturated rings. The molecule has 1 aliphatic rings. The predicted octanol–water partition coefficient (Wildman–Crippen LogP) is 3.41. The molecule has 4 nitrogen and oxygen atoms in total. The number of carbonyl (C=O) groups excluding carboxylic acids is 1. The van der Waals surface area contributed by atoms with Gasteiger partial charge in [-0.1, -0.05) is 19.1 Å². The van der Waals surface area contributed by atoms with Crippen molar-refractivity contribution in [1.29, 1.82) is 0 Å². The first-order chi connectivity index (χ1) is 10.5. The van der Waals surface area contributed by atoms with Crippen molar-refractivity contribution in [3.63, 3.8) is 0 Å². The molecule has 1 aliphatic carbocycles. The molecule has 0 radical (unpaired) electrons. The Bertz CT molecular complexity index is 591. The molecular formula is C18H24O4. The van der Waals surface area contributed by atoms with Crippen molar-refractivity contribution >= 4 is 5.97 Å². The van der Waals surface area contributed by atoms with Gasteiger partial charge in [0.2, 0.25) is 0 Å². The van der Waals surface area contributed by atoms with Gasteiger partial charge >= 0.3 is 5.97 Å². The van der Waals surface area contributed by atoms with Crippen molar-refractivity contribution in [2.45, 2.75) is 32.6 Å². The number of methoxy groups -OCH3 is 2. The minimum atomic E-state index is -0.460. The summed E-state index contributed by atoms with van der Waals surface area (Å²) in [5.41, 5.74) is 1.49. The Morgan fingerprint density at radius 1 is 1.27 bits per heavy atom. The lowest BCUT2D eigenvalue weighted by Crippen LogP contribution is -2.34. The van der Waals surface area contributed by atoms with E-state index in [4.69, 9.17) is 14.2 Å². The van der Waals surface area contributed by atoms with Gasteiger partial charge in [0.15, 0.2) is 0 Å². The van der Waals surface area contributed by atoms with Gasteiger partial charge in [0, 0.05) is 11.0 Å². The quantitative estimate of drug-likeness (QED) is 0.618. The Morgan fingerprint density at radius 3 is 2.55 bits per heavy atom. The van der Waals surface area contributed by atoms with E-state index in [1.807, 2.05) is 39.0 Å². The fourth-order valence-electron chi connectivity index (χ4n) is 3.14. The molecule has 0 heterocycles. The van der Waals surface area contributed by atoms with Gasteiger partial charge in [-0.15, -0.1) is 0 Å². The van der Waals surface area contributed by atoms with Crippen molar-refractivity contribution in [2.75, 3.05) is 20.8 Å². The Balaban J connectivity index is 2.52. The van der Waals surface area contributed by atoms with Crippen LogP contribution in [0.15, 0.2) is 24.3 Å². The molecule has 22 heavy (non-hydrogen) atoms. The van der Waals surface area contributed by atoms with E-state index in [0.717, 1.165) is 22.6 Å². The summed E-state index contributed by atoms with van der Waals surface area (Å²) in [7, 11) is 3.29. The summed E-state index contributed by atoms with van der Waals surface area (Å²) < 4.78 is 16.2. The first-order valence-corrected chi connectivity index (χ1v) is 7.55. The highest BCUT2D eigenvalue weighted by atomic mass is 16.5. The summed E-state index contributed by atoms with van der Waals surface area (Å²) >= 11 is 0. The summed E-state index contributed by atoms with van der Waals surface area (Å²) in [5.74, 6) is 1.15. The van der Waals surface area contributed by atoms with Crippen LogP contribution in [0.1, 0.15) is 31.4 Å². The standard InChI is InChI=1S/C18H24O4/c1-6-22-17(19)13-8-7-9-18(13,3)14-11-15(20-4)12(2)10-16(14)21-5/h7,9-11,13H,6,8H2,1-5H3. The van der Waals surface area contributed by atoms with Crippen LogP contribution in [0.4, 0.5) is 0 Å². The summed E-state index contributed by atoms with van der Waals surface area (Å²) in [4.78, 5) is 12.3. The maximum absolute atomic E-state index is 12.3. The molecule has 1 aromatic rings. The minimum Gasteiger partial charge on any atom is -0.496 e. The zero-order chi connectivity index (χ0) is 16.3. The van der Waals surface area contributed by atoms with E-state index in [0.29, 0.717) is 13.0 Å². The largest absolute Gasteiger partial charge is 0.496 e. The molecular weight excluding hydrogens is 280 g/mol. The van der Waals surface area contributed by atoms with Crippen molar-refractivity contribution in [3.05, 3.63) is 35.4 Å². The maximum atomic E-state index is 12.3. The van der Waals surface area contributed by atoms with Gasteiger partial charge in [0.25, 0.3) is 0 Å². The zero-order valence-electron chi connectivity index (χ0n) is 13.9. The number of ether oxygens (including phenoxy) is 3. The molecule has 1 aromatic carbocycles. The highest BCUT2D eigenvalue weighted by Crippen LogP contribution is 2.46. The highest BCUT2D eigenvalue weighted by molar-refractivity contribution is 5.77. The molecule has 4 heteroatoms. The second kappa shape index (κ2) is 6.42. The second-order valence-corrected chi connectivity index (χ2v) is 5.75. The van der Waals surface area contributed by atoms with Gasteiger partial charge < -0.3 is 14.2 Å². The number of rotatable bonds is 5. The number of hydrogen-bond acceptors (Lipinski definition) is 4. The van der Waals surface area contributed by atoms with Crippen molar-refractivity contribution in [3.8, 4) is 11.5 Å². The topological polar surface area (TPSA) is 44.8 Å². The van der Waals surface area contributed by atoms with Gasteiger partial charge in [-0.3, -0.25) is 4.79 Å². The number of carbonyl (C=O) groups is 1. The lowest BCUT2D eigenvalue weighted by molar-refractivity contribution is -0.149. The van der Waals surface area contributed by atoms with Crippen LogP contribution in [0, 0.1) is 12.8 Å². The van der Waals surface area contributed by atoms with Crippen LogP contribution in [0.2, 0.25) is 0 Å². The molecule has 2 unspecified atom stereocenters. The Kier molecular flexibility index (Phi) is 4.79. The number of benzene rings is 1. The lowest BCUT2D eigenvalue weighted by Gasteiger charge is -2.31. The van der Waals surface area contributed by atoms with Crippen molar-refractivity contribution in [1.82, 2.24) is 0 Å². The Morgan fingerprint density at radius 2 is 1.95 bits per heavy atom. The monoisotopic (exact) mass is 304 g/mol. The van der Waals surface area contributed by atoms with Crippen LogP contribution in [0.25, 0.3) is 0 Å².